The summed E-state index contributed by atoms with van der Waals surface area (Å²) in [4.78, 5) is 28.9. The zero-order valence-corrected chi connectivity index (χ0v) is 12.6. The summed E-state index contributed by atoms with van der Waals surface area (Å²) >= 11 is 0. The van der Waals surface area contributed by atoms with Crippen LogP contribution in [0.15, 0.2) is 41.2 Å². The van der Waals surface area contributed by atoms with Gasteiger partial charge >= 0.3 is 5.69 Å². The van der Waals surface area contributed by atoms with Crippen molar-refractivity contribution >= 4 is 22.6 Å². The van der Waals surface area contributed by atoms with Gasteiger partial charge in [-0.3, -0.25) is 4.79 Å². The van der Waals surface area contributed by atoms with Gasteiger partial charge in [0, 0.05) is 11.6 Å². The van der Waals surface area contributed by atoms with Crippen LogP contribution in [0.4, 0.5) is 5.69 Å². The number of amides is 1. The highest BCUT2D eigenvalue weighted by molar-refractivity contribution is 6.06. The second kappa shape index (κ2) is 5.88. The third-order valence-corrected chi connectivity index (χ3v) is 3.44. The molecule has 0 unspecified atom stereocenters. The molecule has 0 bridgehead atoms. The monoisotopic (exact) mass is 313 g/mol. The number of aromatic nitrogens is 2. The SMILES string of the molecule is COc1ccc(NC(=O)c2ccc3[nH]c(=O)[nH]c3c2)c(OC)c1. The molecule has 118 valence electrons. The number of carbonyl (C=O) groups is 1. The Morgan fingerprint density at radius 2 is 1.78 bits per heavy atom. The van der Waals surface area contributed by atoms with E-state index in [1.807, 2.05) is 0 Å². The van der Waals surface area contributed by atoms with Gasteiger partial charge in [0.1, 0.15) is 11.5 Å². The minimum Gasteiger partial charge on any atom is -0.497 e. The number of hydrogen-bond donors (Lipinski definition) is 3. The molecule has 0 saturated carbocycles. The van der Waals surface area contributed by atoms with Crippen molar-refractivity contribution in [3.05, 3.63) is 52.4 Å². The number of methoxy groups -OCH3 is 2. The maximum atomic E-state index is 12.4. The van der Waals surface area contributed by atoms with Crippen molar-refractivity contribution in [2.75, 3.05) is 19.5 Å². The normalized spacial score (nSPS) is 10.5. The molecule has 0 fully saturated rings. The number of aromatic amines is 2. The second-order valence-electron chi connectivity index (χ2n) is 4.86. The summed E-state index contributed by atoms with van der Waals surface area (Å²) in [6.07, 6.45) is 0. The summed E-state index contributed by atoms with van der Waals surface area (Å²) in [5, 5.41) is 2.78. The van der Waals surface area contributed by atoms with Gasteiger partial charge in [0.15, 0.2) is 0 Å². The Morgan fingerprint density at radius 3 is 2.52 bits per heavy atom. The first-order chi connectivity index (χ1) is 11.1. The van der Waals surface area contributed by atoms with E-state index >= 15 is 0 Å². The Balaban J connectivity index is 1.89. The van der Waals surface area contributed by atoms with Crippen LogP contribution in [0.3, 0.4) is 0 Å². The van der Waals surface area contributed by atoms with Crippen LogP contribution in [-0.4, -0.2) is 30.1 Å². The molecule has 23 heavy (non-hydrogen) atoms. The van der Waals surface area contributed by atoms with E-state index in [0.29, 0.717) is 33.8 Å². The topological polar surface area (TPSA) is 96.2 Å². The van der Waals surface area contributed by atoms with E-state index in [9.17, 15) is 9.59 Å². The lowest BCUT2D eigenvalue weighted by atomic mass is 10.2. The van der Waals surface area contributed by atoms with Gasteiger partial charge in [-0.1, -0.05) is 0 Å². The molecular formula is C16H15N3O4. The van der Waals surface area contributed by atoms with Crippen molar-refractivity contribution in [2.24, 2.45) is 0 Å². The molecule has 3 N–H and O–H groups in total. The lowest BCUT2D eigenvalue weighted by molar-refractivity contribution is 0.102. The van der Waals surface area contributed by atoms with Crippen molar-refractivity contribution in [3.63, 3.8) is 0 Å². The van der Waals surface area contributed by atoms with Crippen LogP contribution in [-0.2, 0) is 0 Å². The maximum Gasteiger partial charge on any atom is 0.323 e. The number of nitrogens with one attached hydrogen (secondary N) is 3. The third kappa shape index (κ3) is 2.89. The average molecular weight is 313 g/mol. The standard InChI is InChI=1S/C16H15N3O4/c1-22-10-4-6-12(14(8-10)23-2)17-15(20)9-3-5-11-13(7-9)19-16(21)18-11/h3-8H,1-2H3,(H,17,20)(H2,18,19,21). The number of rotatable bonds is 4. The molecular weight excluding hydrogens is 298 g/mol. The lowest BCUT2D eigenvalue weighted by Gasteiger charge is -2.11. The summed E-state index contributed by atoms with van der Waals surface area (Å²) in [6.45, 7) is 0. The molecule has 3 rings (SSSR count). The van der Waals surface area contributed by atoms with E-state index in [0.717, 1.165) is 0 Å². The first-order valence-electron chi connectivity index (χ1n) is 6.86. The highest BCUT2D eigenvalue weighted by Crippen LogP contribution is 2.29. The van der Waals surface area contributed by atoms with E-state index in [-0.39, 0.29) is 11.6 Å². The minimum atomic E-state index is -0.311. The number of carbonyl (C=O) groups excluding carboxylic acids is 1. The number of anilines is 1. The van der Waals surface area contributed by atoms with Gasteiger partial charge in [0.05, 0.1) is 30.9 Å². The van der Waals surface area contributed by atoms with Crippen LogP contribution < -0.4 is 20.5 Å². The molecule has 0 spiro atoms. The number of hydrogen-bond acceptors (Lipinski definition) is 4. The van der Waals surface area contributed by atoms with Gasteiger partial charge in [-0.25, -0.2) is 4.79 Å². The molecule has 1 amide bonds. The summed E-state index contributed by atoms with van der Waals surface area (Å²) in [5.41, 5.74) is 1.86. The number of benzene rings is 2. The lowest BCUT2D eigenvalue weighted by Crippen LogP contribution is -2.12. The molecule has 1 heterocycles. The Morgan fingerprint density at radius 1 is 1.00 bits per heavy atom. The maximum absolute atomic E-state index is 12.4. The number of H-pyrrole nitrogens is 2. The first kappa shape index (κ1) is 14.7. The molecule has 7 heteroatoms. The van der Waals surface area contributed by atoms with Gasteiger partial charge in [-0.05, 0) is 30.3 Å². The van der Waals surface area contributed by atoms with Crippen molar-refractivity contribution < 1.29 is 14.3 Å². The van der Waals surface area contributed by atoms with E-state index in [2.05, 4.69) is 15.3 Å². The quantitative estimate of drug-likeness (QED) is 0.687. The largest absolute Gasteiger partial charge is 0.497 e. The Bertz CT molecular complexity index is 926. The van der Waals surface area contributed by atoms with E-state index in [1.165, 1.54) is 7.11 Å². The van der Waals surface area contributed by atoms with Crippen LogP contribution in [0, 0.1) is 0 Å². The summed E-state index contributed by atoms with van der Waals surface area (Å²) < 4.78 is 10.4. The highest BCUT2D eigenvalue weighted by atomic mass is 16.5. The molecule has 0 saturated heterocycles. The Kier molecular flexibility index (Phi) is 3.76. The van der Waals surface area contributed by atoms with Crippen LogP contribution in [0.1, 0.15) is 10.4 Å². The first-order valence-corrected chi connectivity index (χ1v) is 6.86. The van der Waals surface area contributed by atoms with E-state index < -0.39 is 0 Å². The zero-order valence-electron chi connectivity index (χ0n) is 12.6. The van der Waals surface area contributed by atoms with Crippen molar-refractivity contribution in [1.29, 1.82) is 0 Å². The molecule has 0 aliphatic rings. The molecule has 3 aromatic rings. The molecule has 2 aromatic carbocycles. The van der Waals surface area contributed by atoms with Crippen LogP contribution in [0.25, 0.3) is 11.0 Å². The third-order valence-electron chi connectivity index (χ3n) is 3.44. The second-order valence-corrected chi connectivity index (χ2v) is 4.86. The summed E-state index contributed by atoms with van der Waals surface area (Å²) in [5.74, 6) is 0.817. The zero-order chi connectivity index (χ0) is 16.4. The van der Waals surface area contributed by atoms with Crippen LogP contribution in [0.2, 0.25) is 0 Å². The molecule has 0 aliphatic carbocycles. The van der Waals surface area contributed by atoms with Crippen molar-refractivity contribution in [2.45, 2.75) is 0 Å². The smallest absolute Gasteiger partial charge is 0.323 e. The van der Waals surface area contributed by atoms with E-state index in [1.54, 1.807) is 43.5 Å². The van der Waals surface area contributed by atoms with Gasteiger partial charge in [0.25, 0.3) is 5.91 Å². The molecule has 0 atom stereocenters. The van der Waals surface area contributed by atoms with Gasteiger partial charge in [0.2, 0.25) is 0 Å². The fourth-order valence-corrected chi connectivity index (χ4v) is 2.27. The minimum absolute atomic E-state index is 0.308. The van der Waals surface area contributed by atoms with Crippen molar-refractivity contribution in [3.8, 4) is 11.5 Å². The summed E-state index contributed by atoms with van der Waals surface area (Å²) in [7, 11) is 3.07. The Hall–Kier alpha value is -3.22. The molecule has 0 aliphatic heterocycles. The van der Waals surface area contributed by atoms with Crippen LogP contribution >= 0.6 is 0 Å². The Labute approximate surface area is 131 Å². The highest BCUT2D eigenvalue weighted by Gasteiger charge is 2.12. The van der Waals surface area contributed by atoms with E-state index in [4.69, 9.17) is 9.47 Å². The average Bonchev–Trinajstić information content (AvgIpc) is 2.94. The molecule has 7 nitrogen and oxygen atoms in total. The van der Waals surface area contributed by atoms with Crippen molar-refractivity contribution in [1.82, 2.24) is 9.97 Å². The molecule has 0 radical (unpaired) electrons. The summed E-state index contributed by atoms with van der Waals surface area (Å²) in [6, 6.07) is 10.0. The van der Waals surface area contributed by atoms with Gasteiger partial charge < -0.3 is 24.8 Å². The number of ether oxygens (including phenoxy) is 2. The fraction of sp³-hybridized carbons (Fsp3) is 0.125. The fourth-order valence-electron chi connectivity index (χ4n) is 2.27. The molecule has 1 aromatic heterocycles. The number of fused-ring (bicyclic) bond motifs is 1. The predicted octanol–water partition coefficient (Wildman–Crippen LogP) is 2.13. The van der Waals surface area contributed by atoms with Gasteiger partial charge in [-0.15, -0.1) is 0 Å². The van der Waals surface area contributed by atoms with Gasteiger partial charge in [-0.2, -0.15) is 0 Å². The predicted molar refractivity (Wildman–Crippen MR) is 86.4 cm³/mol. The number of imidazole rings is 1. The van der Waals surface area contributed by atoms with Crippen LogP contribution in [0.5, 0.6) is 11.5 Å².